The lowest BCUT2D eigenvalue weighted by molar-refractivity contribution is -0.137. The molecule has 3 aromatic carbocycles. The van der Waals surface area contributed by atoms with Gasteiger partial charge in [0.2, 0.25) is 0 Å². The Bertz CT molecular complexity index is 1180. The number of carbonyl (C=O) groups is 1. The number of alkyl carbamates (subject to hydrolysis) is 1. The van der Waals surface area contributed by atoms with Gasteiger partial charge in [-0.1, -0.05) is 72.0 Å². The first-order valence-corrected chi connectivity index (χ1v) is 10.2. The molecule has 0 aliphatic heterocycles. The fourth-order valence-corrected chi connectivity index (χ4v) is 3.93. The summed E-state index contributed by atoms with van der Waals surface area (Å²) in [5.41, 5.74) is 3.89. The number of fused-ring (bicyclic) bond motifs is 3. The van der Waals surface area contributed by atoms with E-state index in [1.165, 1.54) is 6.07 Å². The number of rotatable bonds is 3. The number of nitrogens with one attached hydrogen (secondary N) is 1. The third kappa shape index (κ3) is 4.58. The minimum atomic E-state index is -4.47. The number of carbonyl (C=O) groups excluding carboxylic acids is 1. The number of hydrogen-bond donors (Lipinski definition) is 1. The van der Waals surface area contributed by atoms with Crippen LogP contribution >= 0.6 is 11.6 Å². The van der Waals surface area contributed by atoms with E-state index in [0.717, 1.165) is 34.4 Å². The quantitative estimate of drug-likeness (QED) is 0.474. The summed E-state index contributed by atoms with van der Waals surface area (Å²) in [6.45, 7) is 0.145. The Kier molecular flexibility index (Phi) is 6.11. The van der Waals surface area contributed by atoms with Crippen LogP contribution in [0.25, 0.3) is 11.1 Å². The molecule has 0 bridgehead atoms. The van der Waals surface area contributed by atoms with E-state index in [4.69, 9.17) is 16.3 Å². The molecule has 7 heteroatoms. The van der Waals surface area contributed by atoms with Crippen molar-refractivity contribution in [3.05, 3.63) is 94.0 Å². The Balaban J connectivity index is 1.34. The molecule has 0 aromatic heterocycles. The summed E-state index contributed by atoms with van der Waals surface area (Å²) in [5.74, 6) is 5.26. The average Bonchev–Trinajstić information content (AvgIpc) is 3.09. The monoisotopic (exact) mass is 455 g/mol. The normalized spacial score (nSPS) is 12.4. The molecule has 3 nitrogen and oxygen atoms in total. The van der Waals surface area contributed by atoms with Crippen molar-refractivity contribution in [2.24, 2.45) is 0 Å². The second-order valence-electron chi connectivity index (χ2n) is 7.17. The minimum absolute atomic E-state index is 0.0337. The average molecular weight is 456 g/mol. The molecule has 32 heavy (non-hydrogen) atoms. The van der Waals surface area contributed by atoms with Gasteiger partial charge in [-0.2, -0.15) is 13.2 Å². The van der Waals surface area contributed by atoms with Crippen molar-refractivity contribution in [2.75, 3.05) is 13.2 Å². The van der Waals surface area contributed by atoms with Crippen molar-refractivity contribution in [3.8, 4) is 23.0 Å². The van der Waals surface area contributed by atoms with Gasteiger partial charge in [0.05, 0.1) is 17.1 Å². The second kappa shape index (κ2) is 8.97. The van der Waals surface area contributed by atoms with Gasteiger partial charge in [-0.3, -0.25) is 0 Å². The summed E-state index contributed by atoms with van der Waals surface area (Å²) < 4.78 is 43.5. The van der Waals surface area contributed by atoms with Gasteiger partial charge >= 0.3 is 12.3 Å². The SMILES string of the molecule is O=C(NCC#Cc1ccc(C(F)(F)F)cc1Cl)OCC1c2ccccc2-c2ccccc21. The number of benzene rings is 3. The van der Waals surface area contributed by atoms with E-state index in [2.05, 4.69) is 29.3 Å². The maximum Gasteiger partial charge on any atom is 0.416 e. The first-order valence-electron chi connectivity index (χ1n) is 9.79. The van der Waals surface area contributed by atoms with Crippen LogP contribution in [0.5, 0.6) is 0 Å². The van der Waals surface area contributed by atoms with Crippen molar-refractivity contribution in [3.63, 3.8) is 0 Å². The molecule has 0 fully saturated rings. The fraction of sp³-hybridized carbons (Fsp3) is 0.160. The molecular weight excluding hydrogens is 439 g/mol. The van der Waals surface area contributed by atoms with Crippen molar-refractivity contribution in [1.29, 1.82) is 0 Å². The zero-order valence-electron chi connectivity index (χ0n) is 16.7. The van der Waals surface area contributed by atoms with Crippen LogP contribution in [0.1, 0.15) is 28.2 Å². The van der Waals surface area contributed by atoms with Gasteiger partial charge in [0, 0.05) is 11.5 Å². The molecule has 0 saturated carbocycles. The molecule has 0 radical (unpaired) electrons. The van der Waals surface area contributed by atoms with Crippen molar-refractivity contribution in [2.45, 2.75) is 12.1 Å². The van der Waals surface area contributed by atoms with Crippen LogP contribution in [0.4, 0.5) is 18.0 Å². The fourth-order valence-electron chi connectivity index (χ4n) is 3.70. The van der Waals surface area contributed by atoms with Crippen LogP contribution in [-0.2, 0) is 10.9 Å². The highest BCUT2D eigenvalue weighted by Crippen LogP contribution is 2.44. The summed E-state index contributed by atoms with van der Waals surface area (Å²) in [6.07, 6.45) is -5.10. The maximum absolute atomic E-state index is 12.7. The zero-order valence-corrected chi connectivity index (χ0v) is 17.4. The first kappa shape index (κ1) is 21.8. The topological polar surface area (TPSA) is 38.3 Å². The summed E-state index contributed by atoms with van der Waals surface area (Å²) in [6, 6.07) is 19.0. The maximum atomic E-state index is 12.7. The van der Waals surface area contributed by atoms with Gasteiger partial charge in [-0.05, 0) is 40.5 Å². The Morgan fingerprint density at radius 2 is 1.62 bits per heavy atom. The van der Waals surface area contributed by atoms with Gasteiger partial charge in [0.15, 0.2) is 0 Å². The molecule has 0 saturated heterocycles. The molecule has 162 valence electrons. The highest BCUT2D eigenvalue weighted by atomic mass is 35.5. The van der Waals surface area contributed by atoms with Gasteiger partial charge in [0.25, 0.3) is 0 Å². The molecule has 0 spiro atoms. The molecule has 1 aliphatic carbocycles. The summed E-state index contributed by atoms with van der Waals surface area (Å²) in [5, 5.41) is 2.42. The molecule has 1 N–H and O–H groups in total. The van der Waals surface area contributed by atoms with E-state index >= 15 is 0 Å². The van der Waals surface area contributed by atoms with E-state index in [9.17, 15) is 18.0 Å². The first-order chi connectivity index (χ1) is 15.3. The van der Waals surface area contributed by atoms with E-state index in [-0.39, 0.29) is 29.7 Å². The molecule has 1 aliphatic rings. The number of amides is 1. The van der Waals surface area contributed by atoms with Gasteiger partial charge < -0.3 is 10.1 Å². The zero-order chi connectivity index (χ0) is 22.7. The number of hydrogen-bond acceptors (Lipinski definition) is 2. The lowest BCUT2D eigenvalue weighted by atomic mass is 9.98. The van der Waals surface area contributed by atoms with Crippen molar-refractivity contribution >= 4 is 17.7 Å². The third-order valence-electron chi connectivity index (χ3n) is 5.18. The predicted molar refractivity (Wildman–Crippen MR) is 116 cm³/mol. The Labute approximate surface area is 188 Å². The third-order valence-corrected chi connectivity index (χ3v) is 5.50. The Morgan fingerprint density at radius 1 is 1.00 bits per heavy atom. The molecule has 0 atom stereocenters. The second-order valence-corrected chi connectivity index (χ2v) is 7.58. The molecular formula is C25H17ClF3NO2. The van der Waals surface area contributed by atoms with Crippen LogP contribution in [0.15, 0.2) is 66.7 Å². The Morgan fingerprint density at radius 3 is 2.22 bits per heavy atom. The van der Waals surface area contributed by atoms with Crippen LogP contribution in [0.2, 0.25) is 5.02 Å². The van der Waals surface area contributed by atoms with Gasteiger partial charge in [-0.15, -0.1) is 0 Å². The molecule has 3 aromatic rings. The summed E-state index contributed by atoms with van der Waals surface area (Å²) >= 11 is 5.87. The lowest BCUT2D eigenvalue weighted by Gasteiger charge is -2.14. The number of ether oxygens (including phenoxy) is 1. The standard InChI is InChI=1S/C25H17ClF3NO2/c26-23-14-17(25(27,28)29)12-11-16(23)6-5-13-30-24(31)32-15-22-20-9-3-1-7-18(20)19-8-2-4-10-21(19)22/h1-4,7-12,14,22H,13,15H2,(H,30,31). The highest BCUT2D eigenvalue weighted by Gasteiger charge is 2.31. The van der Waals surface area contributed by atoms with Crippen molar-refractivity contribution < 1.29 is 22.7 Å². The summed E-state index contributed by atoms with van der Waals surface area (Å²) in [7, 11) is 0. The Hall–Kier alpha value is -3.43. The number of alkyl halides is 3. The lowest BCUT2D eigenvalue weighted by Crippen LogP contribution is -2.26. The molecule has 0 heterocycles. The molecule has 4 rings (SSSR count). The smallest absolute Gasteiger partial charge is 0.416 e. The summed E-state index contributed by atoms with van der Waals surface area (Å²) in [4.78, 5) is 12.1. The van der Waals surface area contributed by atoms with Crippen LogP contribution in [0, 0.1) is 11.8 Å². The van der Waals surface area contributed by atoms with Crippen LogP contribution < -0.4 is 5.32 Å². The van der Waals surface area contributed by atoms with E-state index in [0.29, 0.717) is 0 Å². The molecule has 0 unspecified atom stereocenters. The van der Waals surface area contributed by atoms with E-state index < -0.39 is 17.8 Å². The van der Waals surface area contributed by atoms with Crippen LogP contribution in [0.3, 0.4) is 0 Å². The number of halogens is 4. The van der Waals surface area contributed by atoms with Crippen LogP contribution in [-0.4, -0.2) is 19.2 Å². The largest absolute Gasteiger partial charge is 0.449 e. The van der Waals surface area contributed by atoms with E-state index in [1.54, 1.807) is 0 Å². The van der Waals surface area contributed by atoms with Gasteiger partial charge in [0.1, 0.15) is 6.61 Å². The van der Waals surface area contributed by atoms with E-state index in [1.807, 2.05) is 36.4 Å². The van der Waals surface area contributed by atoms with Crippen molar-refractivity contribution in [1.82, 2.24) is 5.32 Å². The predicted octanol–water partition coefficient (Wildman–Crippen LogP) is 6.25. The minimum Gasteiger partial charge on any atom is -0.449 e. The molecule has 1 amide bonds. The highest BCUT2D eigenvalue weighted by molar-refractivity contribution is 6.31. The van der Waals surface area contributed by atoms with Gasteiger partial charge in [-0.25, -0.2) is 4.79 Å².